The van der Waals surface area contributed by atoms with E-state index < -0.39 is 17.0 Å². The smallest absolute Gasteiger partial charge is 0.350 e. The second kappa shape index (κ2) is 24.1. The standard InChI is InChI=1S/C53H69ClN2O14/c1-55(14-10-34-21-37(28-57)38(29-58)23-41(34)45(55)19-33-18-39(30-59)43(32-61)46(20-33)64-3)12-8-17-70-53(63)44(54)27-50(62)69-16-9-13-56(2)15-11-35-24-47(65-4)48(66-5)26-42(35)51(56)36-22-40(31-60)52(68-7)49(25-36)67-6/h18,20-27,45,51,57-61H,8-17,19,28-32H2,1-7H3/q+2/t45-,51+,55-,56+/m1/s1. The van der Waals surface area contributed by atoms with Crippen LogP contribution >= 0.6 is 11.6 Å². The molecule has 4 atom stereocenters. The van der Waals surface area contributed by atoms with Crippen molar-refractivity contribution in [3.8, 4) is 28.7 Å². The number of ether oxygens (including phenoxy) is 7. The Labute approximate surface area is 415 Å². The summed E-state index contributed by atoms with van der Waals surface area (Å²) in [6.07, 6.45) is 3.87. The van der Waals surface area contributed by atoms with Crippen LogP contribution < -0.4 is 23.7 Å². The number of likely N-dealkylation sites (N-methyl/N-ethyl adjacent to an activating group) is 2. The van der Waals surface area contributed by atoms with E-state index >= 15 is 0 Å². The zero-order chi connectivity index (χ0) is 50.8. The Kier molecular flexibility index (Phi) is 18.6. The number of carbonyl (C=O) groups excluding carboxylic acids is 2. The SMILES string of the molecule is COc1cc2c(cc1OC)[C@H](c1cc(CO)c(OC)c(OC)c1)[N@@+](C)(CCCOC(=O)C=C(Cl)C(=O)OCCC[N@+]1(C)CCc3cc(CO)c(CO)cc3[C@H]1Cc1cc(CO)c(CO)c(OC)c1)CC2. The molecular formula is C53H69ClN2O14+2. The Morgan fingerprint density at radius 1 is 0.614 bits per heavy atom. The third-order valence-corrected chi connectivity index (χ3v) is 14.5. The molecular weight excluding hydrogens is 924 g/mol. The zero-order valence-electron chi connectivity index (χ0n) is 41.3. The Hall–Kier alpha value is -5.43. The second-order valence-corrected chi connectivity index (χ2v) is 18.8. The number of esters is 2. The topological polar surface area (TPSA) is 200 Å². The van der Waals surface area contributed by atoms with Crippen molar-refractivity contribution in [1.29, 1.82) is 0 Å². The van der Waals surface area contributed by atoms with Gasteiger partial charge >= 0.3 is 11.9 Å². The van der Waals surface area contributed by atoms with E-state index in [1.54, 1.807) is 21.3 Å². The number of rotatable bonds is 23. The number of benzene rings is 4. The summed E-state index contributed by atoms with van der Waals surface area (Å²) in [6, 6.07) is 15.2. The summed E-state index contributed by atoms with van der Waals surface area (Å²) in [4.78, 5) is 26.1. The summed E-state index contributed by atoms with van der Waals surface area (Å²) in [5, 5.41) is 50.4. The lowest BCUT2D eigenvalue weighted by molar-refractivity contribution is -0.941. The molecule has 2 aliphatic heterocycles. The summed E-state index contributed by atoms with van der Waals surface area (Å²) < 4.78 is 40.5. The Balaban J connectivity index is 1.10. The third-order valence-electron chi connectivity index (χ3n) is 14.2. The van der Waals surface area contributed by atoms with Crippen LogP contribution in [0.2, 0.25) is 0 Å². The normalized spacial score (nSPS) is 19.7. The van der Waals surface area contributed by atoms with Gasteiger partial charge in [-0.15, -0.1) is 0 Å². The summed E-state index contributed by atoms with van der Waals surface area (Å²) in [7, 11) is 12.1. The first-order chi connectivity index (χ1) is 33.7. The minimum atomic E-state index is -0.851. The van der Waals surface area contributed by atoms with Gasteiger partial charge in [-0.05, 0) is 69.8 Å². The van der Waals surface area contributed by atoms with E-state index in [1.165, 1.54) is 14.2 Å². The molecule has 0 bridgehead atoms. The van der Waals surface area contributed by atoms with Gasteiger partial charge in [-0.3, -0.25) is 0 Å². The highest BCUT2D eigenvalue weighted by molar-refractivity contribution is 6.42. The fourth-order valence-corrected chi connectivity index (χ4v) is 10.6. The van der Waals surface area contributed by atoms with Crippen LogP contribution in [-0.2, 0) is 71.4 Å². The fraction of sp³-hybridized carbons (Fsp3) is 0.472. The van der Waals surface area contributed by atoms with Crippen molar-refractivity contribution in [2.45, 2.75) is 77.2 Å². The predicted molar refractivity (Wildman–Crippen MR) is 261 cm³/mol. The molecule has 16 nitrogen and oxygen atoms in total. The fourth-order valence-electron chi connectivity index (χ4n) is 10.5. The molecule has 2 heterocycles. The first-order valence-electron chi connectivity index (χ1n) is 23.5. The minimum absolute atomic E-state index is 0.0314. The van der Waals surface area contributed by atoms with Crippen LogP contribution in [0.3, 0.4) is 0 Å². The zero-order valence-corrected chi connectivity index (χ0v) is 42.1. The number of nitrogens with zero attached hydrogens (tertiary/aromatic N) is 2. The van der Waals surface area contributed by atoms with Gasteiger partial charge in [0.15, 0.2) is 23.0 Å². The Morgan fingerprint density at radius 3 is 1.81 bits per heavy atom. The van der Waals surface area contributed by atoms with E-state index in [1.807, 2.05) is 48.5 Å². The summed E-state index contributed by atoms with van der Waals surface area (Å²) in [6.45, 7) is 1.50. The molecule has 0 saturated carbocycles. The van der Waals surface area contributed by atoms with Crippen LogP contribution in [0, 0.1) is 0 Å². The van der Waals surface area contributed by atoms with Crippen LogP contribution in [0.5, 0.6) is 28.7 Å². The number of fused-ring (bicyclic) bond motifs is 2. The number of quaternary nitrogens is 2. The van der Waals surface area contributed by atoms with Crippen LogP contribution in [0.25, 0.3) is 0 Å². The first-order valence-corrected chi connectivity index (χ1v) is 23.8. The van der Waals surface area contributed by atoms with Crippen molar-refractivity contribution < 1.29 is 77.2 Å². The quantitative estimate of drug-likeness (QED) is 0.0279. The Bertz CT molecular complexity index is 2480. The van der Waals surface area contributed by atoms with E-state index in [-0.39, 0.29) is 58.3 Å². The average molecular weight is 994 g/mol. The van der Waals surface area contributed by atoms with Crippen molar-refractivity contribution in [3.05, 3.63) is 121 Å². The first kappa shape index (κ1) is 53.9. The molecule has 0 saturated heterocycles. The van der Waals surface area contributed by atoms with Crippen molar-refractivity contribution >= 4 is 23.5 Å². The van der Waals surface area contributed by atoms with Crippen molar-refractivity contribution in [3.63, 3.8) is 0 Å². The molecule has 0 fully saturated rings. The average Bonchev–Trinajstić information content (AvgIpc) is 3.37. The molecule has 380 valence electrons. The molecule has 2 aliphatic rings. The van der Waals surface area contributed by atoms with E-state index in [2.05, 4.69) is 14.1 Å². The maximum absolute atomic E-state index is 13.1. The molecule has 0 radical (unpaired) electrons. The Morgan fingerprint density at radius 2 is 1.20 bits per heavy atom. The van der Waals surface area contributed by atoms with Gasteiger partial charge in [-0.2, -0.15) is 0 Å². The van der Waals surface area contributed by atoms with Gasteiger partial charge in [-0.25, -0.2) is 9.59 Å². The molecule has 70 heavy (non-hydrogen) atoms. The van der Waals surface area contributed by atoms with Gasteiger partial charge in [0, 0.05) is 66.0 Å². The maximum Gasteiger partial charge on any atom is 0.350 e. The molecule has 0 aromatic heterocycles. The van der Waals surface area contributed by atoms with Crippen molar-refractivity contribution in [2.24, 2.45) is 0 Å². The number of aliphatic hydroxyl groups excluding tert-OH is 5. The monoisotopic (exact) mass is 992 g/mol. The van der Waals surface area contributed by atoms with Gasteiger partial charge < -0.3 is 67.7 Å². The van der Waals surface area contributed by atoms with Gasteiger partial charge in [-0.1, -0.05) is 23.7 Å². The lowest BCUT2D eigenvalue weighted by atomic mass is 9.83. The third kappa shape index (κ3) is 11.7. The van der Waals surface area contributed by atoms with E-state index in [4.69, 9.17) is 44.8 Å². The van der Waals surface area contributed by atoms with Crippen molar-refractivity contribution in [1.82, 2.24) is 0 Å². The summed E-state index contributed by atoms with van der Waals surface area (Å²) in [5.74, 6) is 1.02. The molecule has 5 N–H and O–H groups in total. The second-order valence-electron chi connectivity index (χ2n) is 18.3. The van der Waals surface area contributed by atoms with Crippen LogP contribution in [0.4, 0.5) is 0 Å². The van der Waals surface area contributed by atoms with E-state index in [0.29, 0.717) is 104 Å². The highest BCUT2D eigenvalue weighted by Gasteiger charge is 2.42. The number of hydrogen-bond donors (Lipinski definition) is 5. The van der Waals surface area contributed by atoms with Crippen LogP contribution in [0.15, 0.2) is 59.6 Å². The number of halogens is 1. The highest BCUT2D eigenvalue weighted by atomic mass is 35.5. The van der Waals surface area contributed by atoms with Gasteiger partial charge in [0.05, 0.1) is 122 Å². The van der Waals surface area contributed by atoms with Gasteiger partial charge in [0.1, 0.15) is 22.9 Å². The lowest BCUT2D eigenvalue weighted by Gasteiger charge is -2.46. The minimum Gasteiger partial charge on any atom is -0.496 e. The van der Waals surface area contributed by atoms with Crippen LogP contribution in [-0.4, -0.2) is 135 Å². The molecule has 4 aromatic rings. The highest BCUT2D eigenvalue weighted by Crippen LogP contribution is 2.47. The molecule has 0 aliphatic carbocycles. The van der Waals surface area contributed by atoms with Crippen molar-refractivity contribution in [2.75, 3.05) is 89.0 Å². The molecule has 4 aromatic carbocycles. The van der Waals surface area contributed by atoms with Gasteiger partial charge in [0.25, 0.3) is 0 Å². The number of carbonyl (C=O) groups is 2. The van der Waals surface area contributed by atoms with Crippen LogP contribution in [0.1, 0.15) is 86.1 Å². The van der Waals surface area contributed by atoms with Gasteiger partial charge in [0.2, 0.25) is 0 Å². The lowest BCUT2D eigenvalue weighted by Crippen LogP contribution is -2.52. The molecule has 0 spiro atoms. The number of methoxy groups -OCH3 is 5. The molecule has 6 rings (SSSR count). The summed E-state index contributed by atoms with van der Waals surface area (Å²) >= 11 is 6.32. The largest absolute Gasteiger partial charge is 0.496 e. The molecule has 0 unspecified atom stereocenters. The van der Waals surface area contributed by atoms with E-state index in [0.717, 1.165) is 59.0 Å². The summed E-state index contributed by atoms with van der Waals surface area (Å²) in [5.41, 5.74) is 9.01. The molecule has 17 heteroatoms. The maximum atomic E-state index is 13.1. The number of hydrogen-bond acceptors (Lipinski definition) is 14. The predicted octanol–water partition coefficient (Wildman–Crippen LogP) is 5.26. The van der Waals surface area contributed by atoms with E-state index in [9.17, 15) is 35.1 Å². The molecule has 0 amide bonds. The number of aliphatic hydroxyl groups is 5.